The molecule has 0 aliphatic rings. The first kappa shape index (κ1) is 16.0. The Morgan fingerprint density at radius 3 is 2.48 bits per heavy atom. The molecule has 0 unspecified atom stereocenters. The maximum absolute atomic E-state index is 12.4. The lowest BCUT2D eigenvalue weighted by Gasteiger charge is -2.13. The van der Waals surface area contributed by atoms with Gasteiger partial charge in [0.2, 0.25) is 10.0 Å². The molecule has 0 spiro atoms. The summed E-state index contributed by atoms with van der Waals surface area (Å²) in [7, 11) is -3.63. The van der Waals surface area contributed by atoms with Crippen LogP contribution in [-0.2, 0) is 23.1 Å². The summed E-state index contributed by atoms with van der Waals surface area (Å²) in [5, 5.41) is 0.362. The SMILES string of the molecule is Cc1c(CN)cc(Cl)cc1S(=O)(=O)NCc1ccccc1. The van der Waals surface area contributed by atoms with Crippen LogP contribution < -0.4 is 10.5 Å². The van der Waals surface area contributed by atoms with E-state index in [2.05, 4.69) is 4.72 Å². The number of sulfonamides is 1. The van der Waals surface area contributed by atoms with Crippen LogP contribution in [-0.4, -0.2) is 8.42 Å². The third-order valence-electron chi connectivity index (χ3n) is 3.25. The van der Waals surface area contributed by atoms with E-state index in [1.54, 1.807) is 13.0 Å². The Kier molecular flexibility index (Phi) is 5.00. The predicted octanol–water partition coefficient (Wildman–Crippen LogP) is 2.59. The highest BCUT2D eigenvalue weighted by molar-refractivity contribution is 7.89. The summed E-state index contributed by atoms with van der Waals surface area (Å²) in [5.74, 6) is 0. The molecular weight excluding hydrogens is 308 g/mol. The summed E-state index contributed by atoms with van der Waals surface area (Å²) in [6.45, 7) is 2.20. The summed E-state index contributed by atoms with van der Waals surface area (Å²) in [6.07, 6.45) is 0. The zero-order valence-electron chi connectivity index (χ0n) is 11.6. The maximum Gasteiger partial charge on any atom is 0.241 e. The first-order valence-corrected chi connectivity index (χ1v) is 8.33. The van der Waals surface area contributed by atoms with Gasteiger partial charge in [0.15, 0.2) is 0 Å². The number of benzene rings is 2. The van der Waals surface area contributed by atoms with Crippen LogP contribution in [0.1, 0.15) is 16.7 Å². The van der Waals surface area contributed by atoms with Crippen molar-refractivity contribution in [2.75, 3.05) is 0 Å². The van der Waals surface area contributed by atoms with Crippen molar-refractivity contribution in [3.8, 4) is 0 Å². The number of halogens is 1. The van der Waals surface area contributed by atoms with E-state index in [1.165, 1.54) is 6.07 Å². The van der Waals surface area contributed by atoms with Crippen LogP contribution in [0.5, 0.6) is 0 Å². The molecule has 0 bridgehead atoms. The fraction of sp³-hybridized carbons (Fsp3) is 0.200. The molecule has 0 amide bonds. The van der Waals surface area contributed by atoms with Crippen LogP contribution in [0, 0.1) is 6.92 Å². The van der Waals surface area contributed by atoms with E-state index < -0.39 is 10.0 Å². The molecule has 0 aromatic heterocycles. The fourth-order valence-corrected chi connectivity index (χ4v) is 3.69. The van der Waals surface area contributed by atoms with Gasteiger partial charge < -0.3 is 5.73 Å². The van der Waals surface area contributed by atoms with Crippen molar-refractivity contribution < 1.29 is 8.42 Å². The first-order valence-electron chi connectivity index (χ1n) is 6.46. The highest BCUT2D eigenvalue weighted by atomic mass is 35.5. The van der Waals surface area contributed by atoms with Crippen molar-refractivity contribution in [2.24, 2.45) is 5.73 Å². The number of hydrogen-bond donors (Lipinski definition) is 2. The minimum atomic E-state index is -3.63. The third-order valence-corrected chi connectivity index (χ3v) is 5.00. The topological polar surface area (TPSA) is 72.2 Å². The highest BCUT2D eigenvalue weighted by Crippen LogP contribution is 2.24. The van der Waals surface area contributed by atoms with Gasteiger partial charge in [-0.3, -0.25) is 0 Å². The minimum absolute atomic E-state index is 0.173. The van der Waals surface area contributed by atoms with Crippen molar-refractivity contribution >= 4 is 21.6 Å². The molecule has 0 aliphatic carbocycles. The molecule has 0 fully saturated rings. The van der Waals surface area contributed by atoms with Crippen LogP contribution in [0.3, 0.4) is 0 Å². The lowest BCUT2D eigenvalue weighted by atomic mass is 10.1. The smallest absolute Gasteiger partial charge is 0.241 e. The van der Waals surface area contributed by atoms with E-state index in [-0.39, 0.29) is 18.0 Å². The Hall–Kier alpha value is -1.40. The Balaban J connectivity index is 2.30. The molecule has 21 heavy (non-hydrogen) atoms. The van der Waals surface area contributed by atoms with Crippen LogP contribution in [0.25, 0.3) is 0 Å². The molecule has 0 aliphatic heterocycles. The van der Waals surface area contributed by atoms with Gasteiger partial charge in [-0.1, -0.05) is 41.9 Å². The van der Waals surface area contributed by atoms with Crippen LogP contribution in [0.15, 0.2) is 47.4 Å². The normalized spacial score (nSPS) is 11.6. The standard InChI is InChI=1S/C15H17ClN2O2S/c1-11-13(9-17)7-14(16)8-15(11)21(19,20)18-10-12-5-3-2-4-6-12/h2-8,18H,9-10,17H2,1H3. The Labute approximate surface area is 130 Å². The van der Waals surface area contributed by atoms with E-state index >= 15 is 0 Å². The van der Waals surface area contributed by atoms with E-state index in [1.807, 2.05) is 30.3 Å². The van der Waals surface area contributed by atoms with Crippen LogP contribution >= 0.6 is 11.6 Å². The van der Waals surface area contributed by atoms with Crippen LogP contribution in [0.4, 0.5) is 0 Å². The second-order valence-electron chi connectivity index (χ2n) is 4.70. The Bertz CT molecular complexity index is 731. The molecular formula is C15H17ClN2O2S. The van der Waals surface area contributed by atoms with Gasteiger partial charge in [-0.2, -0.15) is 0 Å². The molecule has 2 rings (SSSR count). The van der Waals surface area contributed by atoms with Crippen molar-refractivity contribution in [2.45, 2.75) is 24.9 Å². The van der Waals surface area contributed by atoms with Crippen molar-refractivity contribution in [3.63, 3.8) is 0 Å². The molecule has 0 saturated carbocycles. The van der Waals surface area contributed by atoms with Gasteiger partial charge in [0.05, 0.1) is 4.90 Å². The lowest BCUT2D eigenvalue weighted by molar-refractivity contribution is 0.580. The molecule has 112 valence electrons. The monoisotopic (exact) mass is 324 g/mol. The average molecular weight is 325 g/mol. The van der Waals surface area contributed by atoms with Gasteiger partial charge in [-0.05, 0) is 35.7 Å². The van der Waals surface area contributed by atoms with E-state index in [0.717, 1.165) is 11.1 Å². The third kappa shape index (κ3) is 3.83. The second-order valence-corrected chi connectivity index (χ2v) is 6.87. The summed E-state index contributed by atoms with van der Waals surface area (Å²) >= 11 is 5.98. The summed E-state index contributed by atoms with van der Waals surface area (Å²) < 4.78 is 27.5. The molecule has 0 heterocycles. The van der Waals surface area contributed by atoms with Gasteiger partial charge in [0.25, 0.3) is 0 Å². The Morgan fingerprint density at radius 1 is 1.19 bits per heavy atom. The summed E-state index contributed by atoms with van der Waals surface area (Å²) in [6, 6.07) is 12.5. The van der Waals surface area contributed by atoms with Crippen molar-refractivity contribution in [3.05, 3.63) is 64.2 Å². The molecule has 6 heteroatoms. The number of rotatable bonds is 5. The van der Waals surface area contributed by atoms with E-state index in [9.17, 15) is 8.42 Å². The van der Waals surface area contributed by atoms with Gasteiger partial charge in [0.1, 0.15) is 0 Å². The fourth-order valence-electron chi connectivity index (χ4n) is 2.05. The molecule has 4 nitrogen and oxygen atoms in total. The molecule has 3 N–H and O–H groups in total. The molecule has 2 aromatic carbocycles. The Morgan fingerprint density at radius 2 is 1.86 bits per heavy atom. The quantitative estimate of drug-likeness (QED) is 0.888. The van der Waals surface area contributed by atoms with Gasteiger partial charge in [0, 0.05) is 18.1 Å². The van der Waals surface area contributed by atoms with Crippen molar-refractivity contribution in [1.29, 1.82) is 0 Å². The van der Waals surface area contributed by atoms with Gasteiger partial charge >= 0.3 is 0 Å². The average Bonchev–Trinajstić information content (AvgIpc) is 2.48. The molecule has 0 radical (unpaired) electrons. The number of nitrogens with two attached hydrogens (primary N) is 1. The number of hydrogen-bond acceptors (Lipinski definition) is 3. The summed E-state index contributed by atoms with van der Waals surface area (Å²) in [5.41, 5.74) is 7.86. The molecule has 0 saturated heterocycles. The van der Waals surface area contributed by atoms with Gasteiger partial charge in [-0.25, -0.2) is 13.1 Å². The maximum atomic E-state index is 12.4. The lowest BCUT2D eigenvalue weighted by Crippen LogP contribution is -2.24. The zero-order chi connectivity index (χ0) is 15.5. The molecule has 0 atom stereocenters. The molecule has 2 aromatic rings. The predicted molar refractivity (Wildman–Crippen MR) is 84.5 cm³/mol. The summed E-state index contributed by atoms with van der Waals surface area (Å²) in [4.78, 5) is 0.173. The van der Waals surface area contributed by atoms with Crippen molar-refractivity contribution in [1.82, 2.24) is 4.72 Å². The first-order chi connectivity index (χ1) is 9.94. The highest BCUT2D eigenvalue weighted by Gasteiger charge is 2.19. The zero-order valence-corrected chi connectivity index (χ0v) is 13.2. The minimum Gasteiger partial charge on any atom is -0.326 e. The second kappa shape index (κ2) is 6.58. The van der Waals surface area contributed by atoms with Crippen LogP contribution in [0.2, 0.25) is 5.02 Å². The van der Waals surface area contributed by atoms with E-state index in [0.29, 0.717) is 10.6 Å². The largest absolute Gasteiger partial charge is 0.326 e. The number of nitrogens with one attached hydrogen (secondary N) is 1. The van der Waals surface area contributed by atoms with E-state index in [4.69, 9.17) is 17.3 Å². The van der Waals surface area contributed by atoms with Gasteiger partial charge in [-0.15, -0.1) is 0 Å².